The highest BCUT2D eigenvalue weighted by Crippen LogP contribution is 2.31. The van der Waals surface area contributed by atoms with Crippen LogP contribution >= 0.6 is 0 Å². The second-order valence-corrected chi connectivity index (χ2v) is 6.19. The third-order valence-corrected chi connectivity index (χ3v) is 2.84. The number of carbonyl (C=O) groups is 1. The molecule has 0 bridgehead atoms. The third kappa shape index (κ3) is 4.94. The van der Waals surface area contributed by atoms with Crippen LogP contribution in [0, 0.1) is 0 Å². The smallest absolute Gasteiger partial charge is 0.346 e. The van der Waals surface area contributed by atoms with Crippen LogP contribution in [0.4, 0.5) is 24.7 Å². The first-order chi connectivity index (χ1) is 11.0. The predicted molar refractivity (Wildman–Crippen MR) is 84.0 cm³/mol. The van der Waals surface area contributed by atoms with Gasteiger partial charge >= 0.3 is 6.18 Å². The molecule has 0 aliphatic rings. The molecule has 2 rings (SSSR count). The molecule has 0 saturated carbocycles. The van der Waals surface area contributed by atoms with E-state index < -0.39 is 17.3 Å². The molecule has 1 aromatic carbocycles. The molecule has 1 aromatic heterocycles. The van der Waals surface area contributed by atoms with E-state index in [4.69, 9.17) is 0 Å². The molecule has 2 aromatic rings. The number of amides is 1. The first kappa shape index (κ1) is 17.7. The Balaban J connectivity index is 2.11. The van der Waals surface area contributed by atoms with E-state index in [1.165, 1.54) is 24.5 Å². The minimum absolute atomic E-state index is 0.125. The van der Waals surface area contributed by atoms with Crippen molar-refractivity contribution in [3.8, 4) is 0 Å². The van der Waals surface area contributed by atoms with Gasteiger partial charge < -0.3 is 10.6 Å². The molecule has 128 valence electrons. The van der Waals surface area contributed by atoms with Gasteiger partial charge in [-0.25, -0.2) is 9.97 Å². The Bertz CT molecular complexity index is 721. The molecule has 0 aliphatic heterocycles. The number of rotatable bonds is 3. The van der Waals surface area contributed by atoms with Gasteiger partial charge in [0, 0.05) is 11.2 Å². The van der Waals surface area contributed by atoms with Crippen molar-refractivity contribution in [3.05, 3.63) is 47.9 Å². The zero-order valence-electron chi connectivity index (χ0n) is 13.4. The summed E-state index contributed by atoms with van der Waals surface area (Å²) in [5, 5.41) is 5.47. The summed E-state index contributed by atoms with van der Waals surface area (Å²) in [6.45, 7) is 5.51. The molecular formula is C16H17F3N4O. The fourth-order valence-electron chi connectivity index (χ4n) is 1.84. The minimum Gasteiger partial charge on any atom is -0.346 e. The summed E-state index contributed by atoms with van der Waals surface area (Å²) in [5.41, 5.74) is -0.819. The summed E-state index contributed by atoms with van der Waals surface area (Å²) >= 11 is 0. The number of hydrogen-bond acceptors (Lipinski definition) is 4. The Hall–Kier alpha value is -2.64. The molecule has 8 heteroatoms. The minimum atomic E-state index is -4.42. The van der Waals surface area contributed by atoms with Crippen molar-refractivity contribution in [2.75, 3.05) is 5.32 Å². The van der Waals surface area contributed by atoms with Gasteiger partial charge in [-0.15, -0.1) is 0 Å². The first-order valence-corrected chi connectivity index (χ1v) is 7.13. The second-order valence-electron chi connectivity index (χ2n) is 6.19. The molecule has 5 nitrogen and oxygen atoms in total. The van der Waals surface area contributed by atoms with Crippen LogP contribution in [0.5, 0.6) is 0 Å². The van der Waals surface area contributed by atoms with Crippen LogP contribution in [-0.2, 0) is 6.18 Å². The van der Waals surface area contributed by atoms with Gasteiger partial charge in [-0.2, -0.15) is 13.2 Å². The highest BCUT2D eigenvalue weighted by Gasteiger charge is 2.30. The van der Waals surface area contributed by atoms with Gasteiger partial charge in [0.2, 0.25) is 0 Å². The second kappa shape index (κ2) is 6.46. The average Bonchev–Trinajstić information content (AvgIpc) is 2.45. The Kier molecular flexibility index (Phi) is 4.77. The fourth-order valence-corrected chi connectivity index (χ4v) is 1.84. The molecule has 24 heavy (non-hydrogen) atoms. The van der Waals surface area contributed by atoms with Crippen molar-refractivity contribution in [2.45, 2.75) is 32.5 Å². The number of aromatic nitrogens is 2. The van der Waals surface area contributed by atoms with Crippen LogP contribution < -0.4 is 10.6 Å². The summed E-state index contributed by atoms with van der Waals surface area (Å²) in [6.07, 6.45) is -1.87. The van der Waals surface area contributed by atoms with Crippen LogP contribution in [0.25, 0.3) is 0 Å². The summed E-state index contributed by atoms with van der Waals surface area (Å²) in [5.74, 6) is -0.137. The van der Waals surface area contributed by atoms with Crippen LogP contribution in [0.2, 0.25) is 0 Å². The molecule has 0 fully saturated rings. The van der Waals surface area contributed by atoms with Crippen LogP contribution in [-0.4, -0.2) is 21.4 Å². The fraction of sp³-hybridized carbons (Fsp3) is 0.312. The van der Waals surface area contributed by atoms with E-state index >= 15 is 0 Å². The largest absolute Gasteiger partial charge is 0.416 e. The van der Waals surface area contributed by atoms with Crippen LogP contribution in [0.1, 0.15) is 36.8 Å². The zero-order valence-corrected chi connectivity index (χ0v) is 13.4. The lowest BCUT2D eigenvalue weighted by molar-refractivity contribution is -0.137. The van der Waals surface area contributed by atoms with E-state index in [-0.39, 0.29) is 23.1 Å². The van der Waals surface area contributed by atoms with E-state index in [0.717, 1.165) is 12.1 Å². The summed E-state index contributed by atoms with van der Waals surface area (Å²) < 4.78 is 38.1. The Morgan fingerprint density at radius 2 is 1.79 bits per heavy atom. The first-order valence-electron chi connectivity index (χ1n) is 7.13. The molecule has 0 atom stereocenters. The van der Waals surface area contributed by atoms with E-state index in [2.05, 4.69) is 20.6 Å². The number of halogens is 3. The number of anilines is 2. The molecule has 0 saturated heterocycles. The van der Waals surface area contributed by atoms with Crippen molar-refractivity contribution < 1.29 is 18.0 Å². The molecule has 2 N–H and O–H groups in total. The van der Waals surface area contributed by atoms with Gasteiger partial charge in [-0.3, -0.25) is 4.79 Å². The Morgan fingerprint density at radius 1 is 1.08 bits per heavy atom. The van der Waals surface area contributed by atoms with E-state index in [9.17, 15) is 18.0 Å². The van der Waals surface area contributed by atoms with E-state index in [1.54, 1.807) is 0 Å². The highest BCUT2D eigenvalue weighted by atomic mass is 19.4. The number of alkyl halides is 3. The zero-order chi connectivity index (χ0) is 18.0. The van der Waals surface area contributed by atoms with Gasteiger partial charge in [0.15, 0.2) is 0 Å². The molecule has 0 spiro atoms. The molecule has 1 heterocycles. The van der Waals surface area contributed by atoms with Crippen molar-refractivity contribution in [1.29, 1.82) is 0 Å². The topological polar surface area (TPSA) is 66.9 Å². The molecule has 0 unspecified atom stereocenters. The maximum absolute atomic E-state index is 12.7. The number of carbonyl (C=O) groups excluding carboxylic acids is 1. The quantitative estimate of drug-likeness (QED) is 0.894. The van der Waals surface area contributed by atoms with Crippen LogP contribution in [0.15, 0.2) is 36.7 Å². The predicted octanol–water partition coefficient (Wildman–Crippen LogP) is 3.77. The molecule has 0 radical (unpaired) electrons. The van der Waals surface area contributed by atoms with Crippen molar-refractivity contribution in [2.24, 2.45) is 0 Å². The normalized spacial score (nSPS) is 11.9. The maximum Gasteiger partial charge on any atom is 0.416 e. The number of nitrogens with zero attached hydrogens (tertiary/aromatic N) is 2. The number of nitrogens with one attached hydrogen (secondary N) is 2. The van der Waals surface area contributed by atoms with E-state index in [0.29, 0.717) is 0 Å². The maximum atomic E-state index is 12.7. The number of hydrogen-bond donors (Lipinski definition) is 2. The van der Waals surface area contributed by atoms with Crippen molar-refractivity contribution in [1.82, 2.24) is 15.3 Å². The van der Waals surface area contributed by atoms with Gasteiger partial charge in [-0.05, 0) is 39.0 Å². The van der Waals surface area contributed by atoms with Crippen molar-refractivity contribution in [3.63, 3.8) is 0 Å². The molecule has 1 amide bonds. The number of benzene rings is 1. The summed E-state index contributed by atoms with van der Waals surface area (Å²) in [7, 11) is 0. The van der Waals surface area contributed by atoms with Gasteiger partial charge in [0.25, 0.3) is 5.91 Å². The lowest BCUT2D eigenvalue weighted by atomic mass is 10.1. The van der Waals surface area contributed by atoms with Crippen molar-refractivity contribution >= 4 is 17.4 Å². The summed E-state index contributed by atoms with van der Waals surface area (Å²) in [4.78, 5) is 19.9. The van der Waals surface area contributed by atoms with Gasteiger partial charge in [-0.1, -0.05) is 6.07 Å². The van der Waals surface area contributed by atoms with Gasteiger partial charge in [0.1, 0.15) is 11.5 Å². The Morgan fingerprint density at radius 3 is 2.33 bits per heavy atom. The van der Waals surface area contributed by atoms with E-state index in [1.807, 2.05) is 20.8 Å². The molecular weight excluding hydrogens is 321 g/mol. The average molecular weight is 338 g/mol. The lowest BCUT2D eigenvalue weighted by Crippen LogP contribution is -2.40. The van der Waals surface area contributed by atoms with Crippen LogP contribution in [0.3, 0.4) is 0 Å². The lowest BCUT2D eigenvalue weighted by Gasteiger charge is -2.19. The SMILES string of the molecule is CC(C)(C)NC(=O)c1cnc(Nc2cccc(C(F)(F)F)c2)cn1. The summed E-state index contributed by atoms with van der Waals surface area (Å²) in [6, 6.07) is 4.74. The third-order valence-electron chi connectivity index (χ3n) is 2.84. The monoisotopic (exact) mass is 338 g/mol. The Labute approximate surface area is 137 Å². The highest BCUT2D eigenvalue weighted by molar-refractivity contribution is 5.92. The molecule has 0 aliphatic carbocycles. The standard InChI is InChI=1S/C16H17F3N4O/c1-15(2,3)23-14(24)12-8-21-13(9-20-12)22-11-6-4-5-10(7-11)16(17,18)19/h4-9H,1-3H3,(H,21,22)(H,23,24). The van der Waals surface area contributed by atoms with Gasteiger partial charge in [0.05, 0.1) is 18.0 Å².